The normalized spacial score (nSPS) is 11.9. The van der Waals surface area contributed by atoms with Crippen LogP contribution in [-0.4, -0.2) is 12.1 Å². The number of rotatable bonds is 24. The van der Waals surface area contributed by atoms with E-state index in [1.165, 1.54) is 120 Å². The van der Waals surface area contributed by atoms with Gasteiger partial charge in [0.05, 0.1) is 0 Å². The predicted molar refractivity (Wildman–Crippen MR) is 159 cm³/mol. The Bertz CT molecular complexity index is 680. The number of carbonyl (C=O) groups is 1. The average molecular weight is 497 g/mol. The zero-order valence-corrected chi connectivity index (χ0v) is 23.7. The zero-order chi connectivity index (χ0) is 25.9. The number of nitrogens with zero attached hydrogens (tertiary/aromatic N) is 1. The molecule has 3 nitrogen and oxygen atoms in total. The van der Waals surface area contributed by atoms with Crippen LogP contribution in [0, 0.1) is 0 Å². The van der Waals surface area contributed by atoms with E-state index in [0.717, 1.165) is 19.3 Å². The zero-order valence-electron chi connectivity index (χ0n) is 23.7. The molecule has 0 heterocycles. The van der Waals surface area contributed by atoms with E-state index in [-0.39, 0.29) is 5.91 Å². The van der Waals surface area contributed by atoms with E-state index in [4.69, 9.17) is 0 Å². The topological polar surface area (TPSA) is 41.5 Å². The molecule has 0 fully saturated rings. The van der Waals surface area contributed by atoms with Crippen molar-refractivity contribution in [3.05, 3.63) is 42.0 Å². The number of hydrogen-bond acceptors (Lipinski definition) is 2. The van der Waals surface area contributed by atoms with Crippen molar-refractivity contribution in [3.8, 4) is 0 Å². The number of nitrogens with one attached hydrogen (secondary N) is 1. The van der Waals surface area contributed by atoms with Crippen LogP contribution in [0.25, 0.3) is 5.57 Å². The van der Waals surface area contributed by atoms with Crippen LogP contribution in [0.3, 0.4) is 0 Å². The molecule has 204 valence electrons. The molecule has 0 saturated carbocycles. The SMILES string of the molecule is CCCCCCCCCCCCCCCCCC(=O)NN=CC=C(CCCCCC)c1ccccc1. The van der Waals surface area contributed by atoms with Gasteiger partial charge in [0.15, 0.2) is 0 Å². The molecule has 0 atom stereocenters. The lowest BCUT2D eigenvalue weighted by atomic mass is 9.99. The average Bonchev–Trinajstić information content (AvgIpc) is 2.90. The fourth-order valence-corrected chi connectivity index (χ4v) is 4.67. The van der Waals surface area contributed by atoms with Crippen molar-refractivity contribution in [3.63, 3.8) is 0 Å². The first-order chi connectivity index (χ1) is 17.8. The lowest BCUT2D eigenvalue weighted by Gasteiger charge is -2.07. The van der Waals surface area contributed by atoms with E-state index >= 15 is 0 Å². The first-order valence-corrected chi connectivity index (χ1v) is 15.3. The summed E-state index contributed by atoms with van der Waals surface area (Å²) in [6.45, 7) is 4.52. The van der Waals surface area contributed by atoms with Gasteiger partial charge in [0.25, 0.3) is 0 Å². The summed E-state index contributed by atoms with van der Waals surface area (Å²) in [6.07, 6.45) is 30.5. The molecule has 0 spiro atoms. The molecule has 0 saturated heterocycles. The Morgan fingerprint density at radius 3 is 1.61 bits per heavy atom. The van der Waals surface area contributed by atoms with Gasteiger partial charge >= 0.3 is 0 Å². The third-order valence-corrected chi connectivity index (χ3v) is 6.99. The molecule has 1 rings (SSSR count). The molecule has 1 N–H and O–H groups in total. The van der Waals surface area contributed by atoms with Gasteiger partial charge in [-0.1, -0.05) is 153 Å². The van der Waals surface area contributed by atoms with E-state index in [2.05, 4.69) is 54.7 Å². The van der Waals surface area contributed by atoms with E-state index in [9.17, 15) is 4.79 Å². The number of allylic oxidation sites excluding steroid dienone is 2. The number of hydrazone groups is 1. The number of carbonyl (C=O) groups excluding carboxylic acids is 1. The molecule has 0 aliphatic heterocycles. The molecule has 0 radical (unpaired) electrons. The first-order valence-electron chi connectivity index (χ1n) is 15.3. The Balaban J connectivity index is 2.06. The van der Waals surface area contributed by atoms with Crippen molar-refractivity contribution in [2.45, 2.75) is 149 Å². The largest absolute Gasteiger partial charge is 0.273 e. The monoisotopic (exact) mass is 496 g/mol. The van der Waals surface area contributed by atoms with Crippen LogP contribution < -0.4 is 5.43 Å². The molecule has 0 aliphatic rings. The fraction of sp³-hybridized carbons (Fsp3) is 0.697. The molecule has 0 unspecified atom stereocenters. The maximum absolute atomic E-state index is 12.1. The molecule has 0 bridgehead atoms. The van der Waals surface area contributed by atoms with E-state index in [1.807, 2.05) is 6.07 Å². The highest BCUT2D eigenvalue weighted by Crippen LogP contribution is 2.21. The van der Waals surface area contributed by atoms with Gasteiger partial charge in [0.2, 0.25) is 5.91 Å². The molecule has 0 aliphatic carbocycles. The summed E-state index contributed by atoms with van der Waals surface area (Å²) in [7, 11) is 0. The molecule has 0 aromatic heterocycles. The molecule has 3 heteroatoms. The summed E-state index contributed by atoms with van der Waals surface area (Å²) in [5, 5.41) is 4.17. The Hall–Kier alpha value is -1.90. The van der Waals surface area contributed by atoms with Crippen LogP contribution in [0.4, 0.5) is 0 Å². The van der Waals surface area contributed by atoms with Gasteiger partial charge in [-0.25, -0.2) is 5.43 Å². The fourth-order valence-electron chi connectivity index (χ4n) is 4.67. The van der Waals surface area contributed by atoms with Crippen molar-refractivity contribution < 1.29 is 4.79 Å². The van der Waals surface area contributed by atoms with Gasteiger partial charge < -0.3 is 0 Å². The highest BCUT2D eigenvalue weighted by molar-refractivity contribution is 5.85. The number of benzene rings is 1. The van der Waals surface area contributed by atoms with Crippen molar-refractivity contribution in [2.24, 2.45) is 5.10 Å². The van der Waals surface area contributed by atoms with Gasteiger partial charge in [0.1, 0.15) is 0 Å². The maximum Gasteiger partial charge on any atom is 0.240 e. The second kappa shape index (κ2) is 24.8. The molecular formula is C33H56N2O. The minimum Gasteiger partial charge on any atom is -0.273 e. The van der Waals surface area contributed by atoms with E-state index < -0.39 is 0 Å². The molecule has 1 amide bonds. The standard InChI is InChI=1S/C33H56N2O/c1-3-5-7-9-10-11-12-13-14-15-16-17-18-19-24-28-33(36)35-34-30-29-32(27-21-8-6-4-2)31-25-22-20-23-26-31/h20,22-23,25-26,29-30H,3-19,21,24,27-28H2,1-2H3,(H,35,36). The number of amides is 1. The lowest BCUT2D eigenvalue weighted by Crippen LogP contribution is -2.16. The minimum absolute atomic E-state index is 0.0264. The van der Waals surface area contributed by atoms with Crippen LogP contribution in [0.5, 0.6) is 0 Å². The maximum atomic E-state index is 12.1. The van der Waals surface area contributed by atoms with Crippen LogP contribution in [0.15, 0.2) is 41.5 Å². The van der Waals surface area contributed by atoms with Crippen molar-refractivity contribution in [2.75, 3.05) is 0 Å². The smallest absolute Gasteiger partial charge is 0.240 e. The highest BCUT2D eigenvalue weighted by atomic mass is 16.2. The second-order valence-electron chi connectivity index (χ2n) is 10.4. The highest BCUT2D eigenvalue weighted by Gasteiger charge is 2.02. The molecule has 1 aromatic rings. The summed E-state index contributed by atoms with van der Waals surface area (Å²) >= 11 is 0. The molecule has 1 aromatic carbocycles. The van der Waals surface area contributed by atoms with Crippen LogP contribution in [0.2, 0.25) is 0 Å². The van der Waals surface area contributed by atoms with Gasteiger partial charge in [-0.05, 0) is 36.5 Å². The summed E-state index contributed by atoms with van der Waals surface area (Å²) in [5.74, 6) is 0.0264. The van der Waals surface area contributed by atoms with Gasteiger partial charge in [-0.15, -0.1) is 0 Å². The Kier molecular flexibility index (Phi) is 22.1. The van der Waals surface area contributed by atoms with E-state index in [0.29, 0.717) is 6.42 Å². The first kappa shape index (κ1) is 32.1. The Morgan fingerprint density at radius 2 is 1.08 bits per heavy atom. The number of unbranched alkanes of at least 4 members (excludes halogenated alkanes) is 17. The third-order valence-electron chi connectivity index (χ3n) is 6.99. The van der Waals surface area contributed by atoms with Gasteiger partial charge in [-0.2, -0.15) is 5.10 Å². The van der Waals surface area contributed by atoms with Crippen molar-refractivity contribution >= 4 is 17.7 Å². The predicted octanol–water partition coefficient (Wildman–Crippen LogP) is 10.4. The molecule has 36 heavy (non-hydrogen) atoms. The Morgan fingerprint density at radius 1 is 0.639 bits per heavy atom. The summed E-state index contributed by atoms with van der Waals surface area (Å²) in [5.41, 5.74) is 5.23. The second-order valence-corrected chi connectivity index (χ2v) is 10.4. The number of hydrogen-bond donors (Lipinski definition) is 1. The summed E-state index contributed by atoms with van der Waals surface area (Å²) < 4.78 is 0. The summed E-state index contributed by atoms with van der Waals surface area (Å²) in [4.78, 5) is 12.1. The van der Waals surface area contributed by atoms with Gasteiger partial charge in [-0.3, -0.25) is 4.79 Å². The van der Waals surface area contributed by atoms with Crippen LogP contribution in [0.1, 0.15) is 154 Å². The van der Waals surface area contributed by atoms with Crippen molar-refractivity contribution in [1.29, 1.82) is 0 Å². The quantitative estimate of drug-likeness (QED) is 0.0863. The molecular weight excluding hydrogens is 440 g/mol. The van der Waals surface area contributed by atoms with E-state index in [1.54, 1.807) is 6.21 Å². The minimum atomic E-state index is 0.0264. The third kappa shape index (κ3) is 19.3. The Labute approximate surface area is 223 Å². The van der Waals surface area contributed by atoms with Crippen molar-refractivity contribution in [1.82, 2.24) is 5.43 Å². The van der Waals surface area contributed by atoms with Crippen LogP contribution >= 0.6 is 0 Å². The summed E-state index contributed by atoms with van der Waals surface area (Å²) in [6, 6.07) is 10.5. The lowest BCUT2D eigenvalue weighted by molar-refractivity contribution is -0.121. The van der Waals surface area contributed by atoms with Crippen LogP contribution in [-0.2, 0) is 4.79 Å². The van der Waals surface area contributed by atoms with Gasteiger partial charge in [0, 0.05) is 12.6 Å².